The van der Waals surface area contributed by atoms with E-state index in [0.29, 0.717) is 19.5 Å². The van der Waals surface area contributed by atoms with Gasteiger partial charge < -0.3 is 20.0 Å². The summed E-state index contributed by atoms with van der Waals surface area (Å²) in [5, 5.41) is 28.1. The number of rotatable bonds is 4. The van der Waals surface area contributed by atoms with E-state index in [4.69, 9.17) is 9.90 Å². The van der Waals surface area contributed by atoms with Crippen LogP contribution in [0.1, 0.15) is 32.6 Å². The Balaban J connectivity index is 0.000000758. The third kappa shape index (κ3) is 5.46. The van der Waals surface area contributed by atoms with Crippen LogP contribution in [0.15, 0.2) is 6.33 Å². The van der Waals surface area contributed by atoms with Crippen LogP contribution < -0.4 is 0 Å². The molecular weight excluding hydrogens is 340 g/mol. The zero-order valence-electron chi connectivity index (χ0n) is 15.2. The quantitative estimate of drug-likeness (QED) is 0.679. The van der Waals surface area contributed by atoms with Crippen LogP contribution >= 0.6 is 0 Å². The fraction of sp³-hybridized carbons (Fsp3) is 0.812. The number of aliphatic hydroxyl groups is 1. The van der Waals surface area contributed by atoms with Crippen molar-refractivity contribution in [1.82, 2.24) is 30.0 Å². The van der Waals surface area contributed by atoms with Crippen LogP contribution in [0.3, 0.4) is 0 Å². The molecule has 2 fully saturated rings. The SMILES string of the molecule is CCN1CCC2(CC1)CC(O)CN(C(=O)CCn1cnnn1)C2.O=CO. The molecule has 0 aromatic carbocycles. The first-order valence-electron chi connectivity index (χ1n) is 8.98. The van der Waals surface area contributed by atoms with Crippen molar-refractivity contribution in [3.63, 3.8) is 0 Å². The number of hydrogen-bond acceptors (Lipinski definition) is 7. The fourth-order valence-electron chi connectivity index (χ4n) is 3.90. The van der Waals surface area contributed by atoms with Gasteiger partial charge >= 0.3 is 0 Å². The highest BCUT2D eigenvalue weighted by molar-refractivity contribution is 5.76. The van der Waals surface area contributed by atoms with E-state index >= 15 is 0 Å². The minimum absolute atomic E-state index is 0.0801. The predicted octanol–water partition coefficient (Wildman–Crippen LogP) is -0.541. The van der Waals surface area contributed by atoms with Crippen molar-refractivity contribution in [1.29, 1.82) is 0 Å². The number of aromatic nitrogens is 4. The lowest BCUT2D eigenvalue weighted by Gasteiger charge is -2.49. The molecule has 0 aliphatic carbocycles. The Bertz CT molecular complexity index is 559. The molecule has 10 heteroatoms. The van der Waals surface area contributed by atoms with Gasteiger partial charge in [0.2, 0.25) is 5.91 Å². The highest BCUT2D eigenvalue weighted by Gasteiger charge is 2.42. The first-order valence-corrected chi connectivity index (χ1v) is 8.98. The summed E-state index contributed by atoms with van der Waals surface area (Å²) < 4.78 is 1.56. The van der Waals surface area contributed by atoms with Crippen LogP contribution in [0, 0.1) is 5.41 Å². The van der Waals surface area contributed by atoms with E-state index in [1.165, 1.54) is 6.33 Å². The predicted molar refractivity (Wildman–Crippen MR) is 92.1 cm³/mol. The smallest absolute Gasteiger partial charge is 0.290 e. The van der Waals surface area contributed by atoms with Crippen molar-refractivity contribution in [2.75, 3.05) is 32.7 Å². The number of piperidine rings is 2. The van der Waals surface area contributed by atoms with Gasteiger partial charge in [0, 0.05) is 19.5 Å². The molecule has 26 heavy (non-hydrogen) atoms. The zero-order chi connectivity index (χ0) is 19.0. The molecule has 3 rings (SSSR count). The minimum atomic E-state index is -0.408. The summed E-state index contributed by atoms with van der Waals surface area (Å²) in [4.78, 5) is 25.2. The summed E-state index contributed by atoms with van der Waals surface area (Å²) in [6.07, 6.45) is 4.42. The number of aliphatic hydroxyl groups excluding tert-OH is 1. The van der Waals surface area contributed by atoms with E-state index in [1.807, 2.05) is 4.90 Å². The molecule has 2 saturated heterocycles. The molecule has 1 amide bonds. The van der Waals surface area contributed by atoms with Gasteiger partial charge in [-0.2, -0.15) is 0 Å². The van der Waals surface area contributed by atoms with Crippen molar-refractivity contribution < 1.29 is 19.8 Å². The van der Waals surface area contributed by atoms with Gasteiger partial charge in [-0.3, -0.25) is 9.59 Å². The summed E-state index contributed by atoms with van der Waals surface area (Å²) in [6, 6.07) is 0. The maximum Gasteiger partial charge on any atom is 0.290 e. The number of aryl methyl sites for hydroxylation is 1. The molecule has 1 spiro atoms. The molecule has 2 aliphatic rings. The van der Waals surface area contributed by atoms with Gasteiger partial charge in [0.05, 0.1) is 12.6 Å². The molecule has 146 valence electrons. The van der Waals surface area contributed by atoms with Gasteiger partial charge in [-0.15, -0.1) is 5.10 Å². The molecule has 0 bridgehead atoms. The number of nitrogens with zero attached hydrogens (tertiary/aromatic N) is 6. The standard InChI is InChI=1S/C15H26N6O2.CH2O2/c1-2-19-7-4-15(5-8-19)9-13(22)10-20(11-15)14(23)3-6-21-12-16-17-18-21;2-1-3/h12-13,22H,2-11H2,1H3;1H,(H,2,3). The van der Waals surface area contributed by atoms with Gasteiger partial charge in [-0.25, -0.2) is 4.68 Å². The average Bonchev–Trinajstić information content (AvgIpc) is 3.14. The van der Waals surface area contributed by atoms with Crippen molar-refractivity contribution in [3.05, 3.63) is 6.33 Å². The Morgan fingerprint density at radius 2 is 2.08 bits per heavy atom. The Labute approximate surface area is 152 Å². The molecule has 1 atom stereocenters. The van der Waals surface area contributed by atoms with Crippen molar-refractivity contribution in [2.45, 2.75) is 45.3 Å². The van der Waals surface area contributed by atoms with Crippen LogP contribution in [0.4, 0.5) is 0 Å². The first kappa shape index (κ1) is 20.2. The van der Waals surface area contributed by atoms with E-state index in [9.17, 15) is 9.90 Å². The monoisotopic (exact) mass is 368 g/mol. The van der Waals surface area contributed by atoms with Gasteiger partial charge in [-0.05, 0) is 54.7 Å². The van der Waals surface area contributed by atoms with Crippen LogP contribution in [0.5, 0.6) is 0 Å². The van der Waals surface area contributed by atoms with Crippen LogP contribution in [-0.2, 0) is 16.1 Å². The molecular formula is C16H28N6O4. The second-order valence-electron chi connectivity index (χ2n) is 6.99. The molecule has 3 heterocycles. The Hall–Kier alpha value is -2.07. The Morgan fingerprint density at radius 1 is 1.38 bits per heavy atom. The molecule has 10 nitrogen and oxygen atoms in total. The number of β-amino-alcohol motifs (C(OH)–C–C–N with tert-alkyl or cyclic N) is 1. The molecule has 1 unspecified atom stereocenters. The minimum Gasteiger partial charge on any atom is -0.483 e. The molecule has 2 N–H and O–H groups in total. The summed E-state index contributed by atoms with van der Waals surface area (Å²) in [7, 11) is 0. The fourth-order valence-corrected chi connectivity index (χ4v) is 3.90. The Kier molecular flexibility index (Phi) is 7.46. The second-order valence-corrected chi connectivity index (χ2v) is 6.99. The van der Waals surface area contributed by atoms with Crippen molar-refractivity contribution >= 4 is 12.4 Å². The maximum atomic E-state index is 12.5. The van der Waals surface area contributed by atoms with E-state index < -0.39 is 6.10 Å². The van der Waals surface area contributed by atoms with E-state index in [-0.39, 0.29) is 17.8 Å². The zero-order valence-corrected chi connectivity index (χ0v) is 15.2. The summed E-state index contributed by atoms with van der Waals surface area (Å²) >= 11 is 0. The third-order valence-corrected chi connectivity index (χ3v) is 5.29. The lowest BCUT2D eigenvalue weighted by atomic mass is 9.71. The highest BCUT2D eigenvalue weighted by atomic mass is 16.3. The van der Waals surface area contributed by atoms with Gasteiger partial charge in [0.25, 0.3) is 6.47 Å². The largest absolute Gasteiger partial charge is 0.483 e. The average molecular weight is 368 g/mol. The van der Waals surface area contributed by atoms with Gasteiger partial charge in [-0.1, -0.05) is 6.92 Å². The molecule has 0 radical (unpaired) electrons. The topological polar surface area (TPSA) is 125 Å². The summed E-state index contributed by atoms with van der Waals surface area (Å²) in [6.45, 7) is 6.85. The van der Waals surface area contributed by atoms with Crippen LogP contribution in [0.25, 0.3) is 0 Å². The third-order valence-electron chi connectivity index (χ3n) is 5.29. The Morgan fingerprint density at radius 3 is 2.65 bits per heavy atom. The highest BCUT2D eigenvalue weighted by Crippen LogP contribution is 2.40. The van der Waals surface area contributed by atoms with E-state index in [0.717, 1.165) is 45.4 Å². The van der Waals surface area contributed by atoms with Crippen LogP contribution in [0.2, 0.25) is 0 Å². The number of amides is 1. The first-order chi connectivity index (χ1) is 12.5. The van der Waals surface area contributed by atoms with E-state index in [1.54, 1.807) is 4.68 Å². The summed E-state index contributed by atoms with van der Waals surface area (Å²) in [5.74, 6) is 0.0801. The maximum absolute atomic E-state index is 12.5. The number of likely N-dealkylation sites (tertiary alicyclic amines) is 2. The molecule has 2 aliphatic heterocycles. The van der Waals surface area contributed by atoms with Gasteiger partial charge in [0.15, 0.2) is 0 Å². The van der Waals surface area contributed by atoms with Crippen LogP contribution in [-0.4, -0.2) is 91.4 Å². The number of carbonyl (C=O) groups excluding carboxylic acids is 1. The molecule has 1 aromatic heterocycles. The second kappa shape index (κ2) is 9.58. The number of hydrogen-bond donors (Lipinski definition) is 2. The lowest BCUT2D eigenvalue weighted by Crippen LogP contribution is -2.55. The number of carbonyl (C=O) groups is 2. The van der Waals surface area contributed by atoms with E-state index in [2.05, 4.69) is 27.3 Å². The molecule has 1 aromatic rings. The summed E-state index contributed by atoms with van der Waals surface area (Å²) in [5.41, 5.74) is 0.0911. The lowest BCUT2D eigenvalue weighted by molar-refractivity contribution is -0.140. The van der Waals surface area contributed by atoms with Gasteiger partial charge in [0.1, 0.15) is 6.33 Å². The molecule has 0 saturated carbocycles. The number of carboxylic acid groups (broad SMARTS) is 1. The normalized spacial score (nSPS) is 22.5. The number of tetrazole rings is 1. The van der Waals surface area contributed by atoms with Crippen molar-refractivity contribution in [3.8, 4) is 0 Å². The van der Waals surface area contributed by atoms with Crippen molar-refractivity contribution in [2.24, 2.45) is 5.41 Å².